The molecule has 1 aliphatic rings. The van der Waals surface area contributed by atoms with Crippen LogP contribution in [-0.2, 0) is 21.4 Å². The van der Waals surface area contributed by atoms with Crippen LogP contribution < -0.4 is 0 Å². The number of aromatic hydroxyl groups is 1. The Kier molecular flexibility index (Phi) is 3.38. The molecule has 0 spiro atoms. The highest BCUT2D eigenvalue weighted by molar-refractivity contribution is 5.36. The van der Waals surface area contributed by atoms with Crippen molar-refractivity contribution in [1.82, 2.24) is 5.06 Å². The van der Waals surface area contributed by atoms with Gasteiger partial charge in [0.25, 0.3) is 0 Å². The Balaban J connectivity index is 1.98. The van der Waals surface area contributed by atoms with Gasteiger partial charge in [-0.1, -0.05) is 24.3 Å². The van der Waals surface area contributed by atoms with Crippen LogP contribution in [0.5, 0.6) is 11.5 Å². The Bertz CT molecular complexity index is 608. The average Bonchev–Trinajstić information content (AvgIpc) is 2.75. The summed E-state index contributed by atoms with van der Waals surface area (Å²) < 4.78 is 0. The Hall–Kier alpha value is -2.04. The van der Waals surface area contributed by atoms with Gasteiger partial charge in [0.2, 0.25) is 0 Å². The molecular weight excluding hydrogens is 278 g/mol. The van der Waals surface area contributed by atoms with E-state index in [0.717, 1.165) is 22.6 Å². The molecule has 0 amide bonds. The van der Waals surface area contributed by atoms with Gasteiger partial charge in [-0.15, -0.1) is 10.3 Å². The third-order valence-corrected chi connectivity index (χ3v) is 4.96. The summed E-state index contributed by atoms with van der Waals surface area (Å²) in [6.45, 7) is 3.85. The van der Waals surface area contributed by atoms with Crippen molar-refractivity contribution in [1.29, 1.82) is 0 Å². The lowest BCUT2D eigenvalue weighted by molar-refractivity contribution is -0.260. The van der Waals surface area contributed by atoms with Crippen molar-refractivity contribution in [2.75, 3.05) is 0 Å². The summed E-state index contributed by atoms with van der Waals surface area (Å²) in [5, 5.41) is 35.0. The maximum absolute atomic E-state index is 13.1. The molecule has 2 radical (unpaired) electrons. The van der Waals surface area contributed by atoms with Crippen LogP contribution in [0, 0.1) is 0 Å². The van der Waals surface area contributed by atoms with E-state index in [1.807, 2.05) is 13.8 Å². The van der Waals surface area contributed by atoms with Crippen LogP contribution in [0.25, 0.3) is 0 Å². The first-order chi connectivity index (χ1) is 10.4. The molecule has 1 N–H and O–H groups in total. The van der Waals surface area contributed by atoms with Crippen molar-refractivity contribution < 1.29 is 15.4 Å². The minimum atomic E-state index is -0.652. The first-order valence-corrected chi connectivity index (χ1v) is 7.41. The van der Waals surface area contributed by atoms with Crippen LogP contribution in [0.4, 0.5) is 0 Å². The molecule has 1 aliphatic heterocycles. The molecule has 0 aliphatic carbocycles. The van der Waals surface area contributed by atoms with Gasteiger partial charge in [-0.05, 0) is 62.1 Å². The van der Waals surface area contributed by atoms with E-state index >= 15 is 0 Å². The summed E-state index contributed by atoms with van der Waals surface area (Å²) in [6, 6.07) is 13.3. The summed E-state index contributed by atoms with van der Waals surface area (Å²) in [6.07, 6.45) is 1.43. The van der Waals surface area contributed by atoms with E-state index in [2.05, 4.69) is 0 Å². The van der Waals surface area contributed by atoms with Crippen LogP contribution >= 0.6 is 0 Å². The minimum absolute atomic E-state index is 0.0518. The maximum atomic E-state index is 13.1. The molecule has 2 atom stereocenters. The van der Waals surface area contributed by atoms with E-state index in [4.69, 9.17) is 0 Å². The number of phenols is 1. The van der Waals surface area contributed by atoms with Gasteiger partial charge < -0.3 is 5.11 Å². The zero-order chi connectivity index (χ0) is 16.0. The van der Waals surface area contributed by atoms with Crippen molar-refractivity contribution in [3.63, 3.8) is 0 Å². The van der Waals surface area contributed by atoms with Crippen LogP contribution in [0.2, 0.25) is 0 Å². The largest absolute Gasteiger partial charge is 0.508 e. The van der Waals surface area contributed by atoms with Crippen LogP contribution in [-0.4, -0.2) is 10.2 Å². The summed E-state index contributed by atoms with van der Waals surface area (Å²) in [5.74, 6) is 0.140. The second kappa shape index (κ2) is 5.00. The van der Waals surface area contributed by atoms with Gasteiger partial charge in [0.15, 0.2) is 5.75 Å². The SMILES string of the molecule is C[C@@]1(c2ccc(O)cc2)CC[C@](C)(c2ccc([O])cc2)N1[O]. The first kappa shape index (κ1) is 14.9. The number of phenolic OH excluding ortho intramolecular Hbond substituents is 1. The average molecular weight is 297 g/mol. The lowest BCUT2D eigenvalue weighted by Gasteiger charge is -2.37. The van der Waals surface area contributed by atoms with Crippen LogP contribution in [0.15, 0.2) is 48.5 Å². The number of hydrogen-bond donors (Lipinski definition) is 1. The quantitative estimate of drug-likeness (QED) is 0.906. The Morgan fingerprint density at radius 1 is 0.864 bits per heavy atom. The highest BCUT2D eigenvalue weighted by atomic mass is 16.5. The fourth-order valence-corrected chi connectivity index (χ4v) is 3.39. The molecule has 114 valence electrons. The van der Waals surface area contributed by atoms with E-state index < -0.39 is 11.1 Å². The van der Waals surface area contributed by atoms with E-state index in [1.54, 1.807) is 36.4 Å². The normalized spacial score (nSPS) is 28.9. The highest BCUT2D eigenvalue weighted by Crippen LogP contribution is 2.51. The van der Waals surface area contributed by atoms with Gasteiger partial charge in [0.1, 0.15) is 5.75 Å². The molecule has 2 aromatic rings. The van der Waals surface area contributed by atoms with Crippen molar-refractivity contribution >= 4 is 0 Å². The Morgan fingerprint density at radius 3 is 1.73 bits per heavy atom. The molecule has 2 aromatic carbocycles. The van der Waals surface area contributed by atoms with E-state index in [-0.39, 0.29) is 11.5 Å². The number of rotatable bonds is 2. The van der Waals surface area contributed by atoms with Gasteiger partial charge in [-0.3, -0.25) is 5.11 Å². The molecule has 0 unspecified atom stereocenters. The first-order valence-electron chi connectivity index (χ1n) is 7.41. The monoisotopic (exact) mass is 297 g/mol. The standard InChI is InChI=1S/C18H19NO3/c1-17(13-3-7-15(20)8-4-13)11-12-18(2,19(17)22)14-5-9-16(21)10-6-14/h3-10,20H,11-12H2,1-2H3/t17-,18+/m0/s1. The van der Waals surface area contributed by atoms with Gasteiger partial charge in [-0.25, -0.2) is 0 Å². The fraction of sp³-hybridized carbons (Fsp3) is 0.333. The number of hydroxylamine groups is 2. The summed E-state index contributed by atoms with van der Waals surface area (Å²) >= 11 is 0. The maximum Gasteiger partial charge on any atom is 0.178 e. The smallest absolute Gasteiger partial charge is 0.178 e. The van der Waals surface area contributed by atoms with Gasteiger partial charge in [0, 0.05) is 0 Å². The molecule has 0 saturated carbocycles. The molecule has 22 heavy (non-hydrogen) atoms. The van der Waals surface area contributed by atoms with Gasteiger partial charge in [-0.2, -0.15) is 0 Å². The predicted molar refractivity (Wildman–Crippen MR) is 81.1 cm³/mol. The Labute approximate surface area is 130 Å². The Morgan fingerprint density at radius 2 is 1.27 bits per heavy atom. The lowest BCUT2D eigenvalue weighted by atomic mass is 9.89. The molecule has 1 saturated heterocycles. The predicted octanol–water partition coefficient (Wildman–Crippen LogP) is 4.11. The van der Waals surface area contributed by atoms with E-state index in [1.165, 1.54) is 12.1 Å². The summed E-state index contributed by atoms with van der Waals surface area (Å²) in [7, 11) is 0. The fourth-order valence-electron chi connectivity index (χ4n) is 3.39. The molecule has 1 fully saturated rings. The second-order valence-corrected chi connectivity index (χ2v) is 6.41. The molecular formula is C18H19NO3. The van der Waals surface area contributed by atoms with Crippen molar-refractivity contribution in [2.24, 2.45) is 0 Å². The third kappa shape index (κ3) is 2.16. The van der Waals surface area contributed by atoms with Crippen molar-refractivity contribution in [3.05, 3.63) is 59.7 Å². The van der Waals surface area contributed by atoms with E-state index in [0.29, 0.717) is 6.42 Å². The zero-order valence-electron chi connectivity index (χ0n) is 12.7. The highest BCUT2D eigenvalue weighted by Gasteiger charge is 2.52. The molecule has 0 aromatic heterocycles. The van der Waals surface area contributed by atoms with Gasteiger partial charge in [0.05, 0.1) is 11.1 Å². The number of benzene rings is 2. The zero-order valence-corrected chi connectivity index (χ0v) is 12.7. The summed E-state index contributed by atoms with van der Waals surface area (Å²) in [5.41, 5.74) is 0.466. The topological polar surface area (TPSA) is 63.3 Å². The molecule has 0 bridgehead atoms. The third-order valence-electron chi connectivity index (χ3n) is 4.96. The number of nitrogens with zero attached hydrogens (tertiary/aromatic N) is 1. The molecule has 1 heterocycles. The van der Waals surface area contributed by atoms with Gasteiger partial charge >= 0.3 is 0 Å². The molecule has 4 heteroatoms. The molecule has 3 rings (SSSR count). The second-order valence-electron chi connectivity index (χ2n) is 6.41. The molecule has 4 nitrogen and oxygen atoms in total. The van der Waals surface area contributed by atoms with Crippen molar-refractivity contribution in [3.8, 4) is 11.5 Å². The van der Waals surface area contributed by atoms with Crippen molar-refractivity contribution in [2.45, 2.75) is 37.8 Å². The number of hydrogen-bond acceptors (Lipinski definition) is 2. The van der Waals surface area contributed by atoms with E-state index in [9.17, 15) is 15.4 Å². The lowest BCUT2D eigenvalue weighted by Crippen LogP contribution is -2.44. The minimum Gasteiger partial charge on any atom is -0.508 e. The van der Waals surface area contributed by atoms with Crippen LogP contribution in [0.3, 0.4) is 0 Å². The van der Waals surface area contributed by atoms with Crippen LogP contribution in [0.1, 0.15) is 37.8 Å². The summed E-state index contributed by atoms with van der Waals surface area (Å²) in [4.78, 5) is 0.